The van der Waals surface area contributed by atoms with Gasteiger partial charge in [-0.3, -0.25) is 0 Å². The molecule has 5 heteroatoms. The molecule has 0 aliphatic heterocycles. The fourth-order valence-corrected chi connectivity index (χ4v) is 4.31. The molecule has 4 nitrogen and oxygen atoms in total. The molecule has 0 aliphatic carbocycles. The number of benzene rings is 2. The summed E-state index contributed by atoms with van der Waals surface area (Å²) in [6, 6.07) is 15.2. The van der Waals surface area contributed by atoms with Crippen LogP contribution in [0.5, 0.6) is 0 Å². The molecule has 0 saturated heterocycles. The summed E-state index contributed by atoms with van der Waals surface area (Å²) in [7, 11) is 0. The van der Waals surface area contributed by atoms with Crippen LogP contribution in [0.4, 0.5) is 5.69 Å². The van der Waals surface area contributed by atoms with Crippen LogP contribution >= 0.6 is 11.3 Å². The second-order valence-electron chi connectivity index (χ2n) is 7.48. The smallest absolute Gasteiger partial charge is 0.190 e. The van der Waals surface area contributed by atoms with Crippen LogP contribution in [0.2, 0.25) is 0 Å². The predicted octanol–water partition coefficient (Wildman–Crippen LogP) is 5.66. The molecule has 4 rings (SSSR count). The molecule has 0 radical (unpaired) electrons. The van der Waals surface area contributed by atoms with Gasteiger partial charge in [0, 0.05) is 30.9 Å². The largest absolute Gasteiger partial charge is 0.337 e. The molecule has 0 fully saturated rings. The van der Waals surface area contributed by atoms with E-state index in [0.29, 0.717) is 0 Å². The average Bonchev–Trinajstić information content (AvgIpc) is 3.36. The number of hydrogen-bond acceptors (Lipinski definition) is 3. The third-order valence-corrected chi connectivity index (χ3v) is 5.95. The van der Waals surface area contributed by atoms with Gasteiger partial charge in [-0.1, -0.05) is 42.0 Å². The first-order chi connectivity index (χ1) is 14.1. The van der Waals surface area contributed by atoms with Crippen LogP contribution in [-0.4, -0.2) is 14.1 Å². The van der Waals surface area contributed by atoms with Gasteiger partial charge < -0.3 is 9.13 Å². The third kappa shape index (κ3) is 4.57. The van der Waals surface area contributed by atoms with E-state index in [9.17, 15) is 0 Å². The summed E-state index contributed by atoms with van der Waals surface area (Å²) in [4.78, 5) is 10.2. The summed E-state index contributed by atoms with van der Waals surface area (Å²) in [6.07, 6.45) is 6.74. The van der Waals surface area contributed by atoms with Crippen molar-refractivity contribution in [3.63, 3.8) is 0 Å². The first-order valence-corrected chi connectivity index (χ1v) is 10.8. The lowest BCUT2D eigenvalue weighted by Crippen LogP contribution is -2.17. The first-order valence-electron chi connectivity index (χ1n) is 9.93. The molecule has 148 valence electrons. The fraction of sp³-hybridized carbons (Fsp3) is 0.250. The van der Waals surface area contributed by atoms with E-state index in [1.54, 1.807) is 11.3 Å². The maximum absolute atomic E-state index is 5.04. The minimum absolute atomic E-state index is 0.911. The Kier molecular flexibility index (Phi) is 5.76. The number of hydrogen-bond donors (Lipinski definition) is 0. The van der Waals surface area contributed by atoms with E-state index in [0.717, 1.165) is 30.0 Å². The molecule has 0 atom stereocenters. The SMILES string of the molecule is Cc1ccc(-c2csc(=Nc3cc(C)ccc3C)n2CCCn2ccnc2)cc1. The summed E-state index contributed by atoms with van der Waals surface area (Å²) in [6.45, 7) is 8.21. The number of rotatable bonds is 6. The summed E-state index contributed by atoms with van der Waals surface area (Å²) >= 11 is 1.71. The highest BCUT2D eigenvalue weighted by atomic mass is 32.1. The molecule has 0 bridgehead atoms. The van der Waals surface area contributed by atoms with E-state index in [1.165, 1.54) is 27.9 Å². The number of aromatic nitrogens is 3. The van der Waals surface area contributed by atoms with Crippen LogP contribution < -0.4 is 4.80 Å². The Balaban J connectivity index is 1.73. The van der Waals surface area contributed by atoms with Crippen LogP contribution in [0, 0.1) is 20.8 Å². The maximum Gasteiger partial charge on any atom is 0.190 e. The van der Waals surface area contributed by atoms with Gasteiger partial charge in [-0.05, 0) is 49.9 Å². The highest BCUT2D eigenvalue weighted by molar-refractivity contribution is 7.07. The van der Waals surface area contributed by atoms with Gasteiger partial charge >= 0.3 is 0 Å². The van der Waals surface area contributed by atoms with Crippen molar-refractivity contribution in [1.82, 2.24) is 14.1 Å². The zero-order valence-electron chi connectivity index (χ0n) is 17.2. The molecule has 0 spiro atoms. The summed E-state index contributed by atoms with van der Waals surface area (Å²) in [5.74, 6) is 0. The Morgan fingerprint density at radius 1 is 0.966 bits per heavy atom. The number of thiazole rings is 1. The Morgan fingerprint density at radius 2 is 1.76 bits per heavy atom. The van der Waals surface area contributed by atoms with Crippen LogP contribution in [0.15, 0.2) is 71.6 Å². The first kappa shape index (κ1) is 19.4. The highest BCUT2D eigenvalue weighted by Gasteiger charge is 2.09. The van der Waals surface area contributed by atoms with E-state index in [4.69, 9.17) is 4.99 Å². The second-order valence-corrected chi connectivity index (χ2v) is 8.31. The molecular weight excluding hydrogens is 376 g/mol. The third-order valence-electron chi connectivity index (χ3n) is 5.08. The Labute approximate surface area is 175 Å². The van der Waals surface area contributed by atoms with Gasteiger partial charge in [0.1, 0.15) is 0 Å². The van der Waals surface area contributed by atoms with Crippen molar-refractivity contribution in [3.8, 4) is 11.3 Å². The van der Waals surface area contributed by atoms with Crippen molar-refractivity contribution in [3.05, 3.63) is 88.1 Å². The van der Waals surface area contributed by atoms with Crippen LogP contribution in [0.25, 0.3) is 11.3 Å². The zero-order valence-corrected chi connectivity index (χ0v) is 18.0. The molecule has 4 aromatic rings. The van der Waals surface area contributed by atoms with Gasteiger partial charge in [0.25, 0.3) is 0 Å². The van der Waals surface area contributed by atoms with Gasteiger partial charge in [0.05, 0.1) is 17.7 Å². The lowest BCUT2D eigenvalue weighted by molar-refractivity contribution is 0.559. The lowest BCUT2D eigenvalue weighted by Gasteiger charge is -2.10. The van der Waals surface area contributed by atoms with Gasteiger partial charge in [-0.2, -0.15) is 0 Å². The van der Waals surface area contributed by atoms with Gasteiger partial charge in [-0.15, -0.1) is 11.3 Å². The van der Waals surface area contributed by atoms with Gasteiger partial charge in [0.15, 0.2) is 4.80 Å². The summed E-state index contributed by atoms with van der Waals surface area (Å²) in [5, 5.41) is 2.23. The minimum atomic E-state index is 0.911. The van der Waals surface area contributed by atoms with E-state index >= 15 is 0 Å². The second kappa shape index (κ2) is 8.62. The Hall–Kier alpha value is -2.92. The molecular formula is C24H26N4S. The molecule has 0 amide bonds. The highest BCUT2D eigenvalue weighted by Crippen LogP contribution is 2.23. The molecule has 2 aromatic carbocycles. The van der Waals surface area contributed by atoms with Crippen LogP contribution in [-0.2, 0) is 13.1 Å². The fourth-order valence-electron chi connectivity index (χ4n) is 3.36. The summed E-state index contributed by atoms with van der Waals surface area (Å²) < 4.78 is 4.48. The lowest BCUT2D eigenvalue weighted by atomic mass is 10.1. The van der Waals surface area contributed by atoms with Gasteiger partial charge in [-0.25, -0.2) is 9.98 Å². The van der Waals surface area contributed by atoms with Crippen molar-refractivity contribution in [1.29, 1.82) is 0 Å². The van der Waals surface area contributed by atoms with Crippen LogP contribution in [0.1, 0.15) is 23.1 Å². The molecule has 0 N–H and O–H groups in total. The minimum Gasteiger partial charge on any atom is -0.337 e. The molecule has 0 saturated carbocycles. The quantitative estimate of drug-likeness (QED) is 0.410. The Bertz CT molecular complexity index is 1150. The molecule has 2 aromatic heterocycles. The normalized spacial score (nSPS) is 11.9. The Morgan fingerprint density at radius 3 is 2.52 bits per heavy atom. The summed E-state index contributed by atoms with van der Waals surface area (Å²) in [5.41, 5.74) is 7.21. The van der Waals surface area contributed by atoms with E-state index in [2.05, 4.69) is 82.7 Å². The number of imidazole rings is 1. The van der Waals surface area contributed by atoms with Gasteiger partial charge in [0.2, 0.25) is 0 Å². The maximum atomic E-state index is 5.04. The molecule has 2 heterocycles. The van der Waals surface area contributed by atoms with E-state index in [1.807, 2.05) is 18.7 Å². The zero-order chi connectivity index (χ0) is 20.2. The van der Waals surface area contributed by atoms with E-state index in [-0.39, 0.29) is 0 Å². The number of nitrogens with zero attached hydrogens (tertiary/aromatic N) is 4. The van der Waals surface area contributed by atoms with E-state index < -0.39 is 0 Å². The van der Waals surface area contributed by atoms with Crippen molar-refractivity contribution < 1.29 is 0 Å². The predicted molar refractivity (Wildman–Crippen MR) is 120 cm³/mol. The van der Waals surface area contributed by atoms with Crippen molar-refractivity contribution in [2.24, 2.45) is 4.99 Å². The van der Waals surface area contributed by atoms with Crippen LogP contribution in [0.3, 0.4) is 0 Å². The molecule has 0 aliphatic rings. The van der Waals surface area contributed by atoms with Crippen molar-refractivity contribution in [2.45, 2.75) is 40.3 Å². The number of aryl methyl sites for hydroxylation is 4. The average molecular weight is 403 g/mol. The molecule has 29 heavy (non-hydrogen) atoms. The monoisotopic (exact) mass is 402 g/mol. The van der Waals surface area contributed by atoms with Crippen molar-refractivity contribution in [2.75, 3.05) is 0 Å². The van der Waals surface area contributed by atoms with Crippen molar-refractivity contribution >= 4 is 17.0 Å². The molecule has 0 unspecified atom stereocenters. The standard InChI is InChI=1S/C24H26N4S/c1-18-6-9-21(10-7-18)23-16-29-24(26-22-15-19(2)5-8-20(22)3)28(23)13-4-12-27-14-11-25-17-27/h5-11,14-17H,4,12-13H2,1-3H3. The topological polar surface area (TPSA) is 35.1 Å².